The Morgan fingerprint density at radius 1 is 1.09 bits per heavy atom. The fourth-order valence-electron chi connectivity index (χ4n) is 3.61. The van der Waals surface area contributed by atoms with E-state index >= 15 is 0 Å². The van der Waals surface area contributed by atoms with Crippen molar-refractivity contribution in [2.24, 2.45) is 0 Å². The maximum Gasteiger partial charge on any atom is 0.338 e. The van der Waals surface area contributed by atoms with E-state index in [0.29, 0.717) is 28.7 Å². The average molecular weight is 483 g/mol. The van der Waals surface area contributed by atoms with Crippen molar-refractivity contribution < 1.29 is 19.1 Å². The number of allylic oxidation sites excluding steroid dienone is 1. The number of nitrogens with zero attached hydrogens (tertiary/aromatic N) is 1. The number of thiocarbonyl (C=S) groups is 1. The number of benzene rings is 2. The number of carbonyl (C=O) groups is 2. The third kappa shape index (κ3) is 5.73. The van der Waals surface area contributed by atoms with Gasteiger partial charge in [-0.25, -0.2) is 9.59 Å². The molecule has 0 saturated carbocycles. The van der Waals surface area contributed by atoms with E-state index in [9.17, 15) is 9.59 Å². The molecule has 3 rings (SSSR count). The highest BCUT2D eigenvalue weighted by Crippen LogP contribution is 2.32. The largest absolute Gasteiger partial charge is 0.460 e. The van der Waals surface area contributed by atoms with Crippen molar-refractivity contribution in [3.63, 3.8) is 0 Å². The van der Waals surface area contributed by atoms with Crippen molar-refractivity contribution in [3.8, 4) is 0 Å². The van der Waals surface area contributed by atoms with Crippen LogP contribution >= 0.6 is 12.2 Å². The Labute approximate surface area is 205 Å². The third-order valence-corrected chi connectivity index (χ3v) is 6.22. The highest BCUT2D eigenvalue weighted by atomic mass is 32.1. The van der Waals surface area contributed by atoms with Gasteiger partial charge < -0.3 is 30.3 Å². The molecule has 0 aliphatic carbocycles. The molecule has 0 radical (unpaired) electrons. The van der Waals surface area contributed by atoms with E-state index in [2.05, 4.69) is 16.0 Å². The summed E-state index contributed by atoms with van der Waals surface area (Å²) in [6.45, 7) is 6.23. The Kier molecular flexibility index (Phi) is 8.25. The summed E-state index contributed by atoms with van der Waals surface area (Å²) < 4.78 is 10.4. The predicted molar refractivity (Wildman–Crippen MR) is 137 cm³/mol. The lowest BCUT2D eigenvalue weighted by molar-refractivity contribution is -0.140. The van der Waals surface area contributed by atoms with Crippen LogP contribution in [-0.4, -0.2) is 49.4 Å². The van der Waals surface area contributed by atoms with Gasteiger partial charge in [0.05, 0.1) is 18.2 Å². The quantitative estimate of drug-likeness (QED) is 0.308. The molecule has 0 aromatic heterocycles. The van der Waals surface area contributed by atoms with E-state index in [-0.39, 0.29) is 12.6 Å². The van der Waals surface area contributed by atoms with Gasteiger partial charge in [-0.2, -0.15) is 0 Å². The Morgan fingerprint density at radius 3 is 2.56 bits per heavy atom. The Balaban J connectivity index is 1.83. The molecule has 1 atom stereocenters. The molecule has 9 heteroatoms. The average Bonchev–Trinajstić information content (AvgIpc) is 2.80. The second-order valence-electron chi connectivity index (χ2n) is 8.02. The van der Waals surface area contributed by atoms with Crippen molar-refractivity contribution in [2.45, 2.75) is 26.8 Å². The summed E-state index contributed by atoms with van der Waals surface area (Å²) >= 11 is 5.46. The minimum atomic E-state index is -0.525. The molecule has 0 bridgehead atoms. The second-order valence-corrected chi connectivity index (χ2v) is 8.41. The molecule has 0 fully saturated rings. The molecule has 34 heavy (non-hydrogen) atoms. The van der Waals surface area contributed by atoms with Gasteiger partial charge in [-0.3, -0.25) is 0 Å². The van der Waals surface area contributed by atoms with Crippen molar-refractivity contribution >= 4 is 40.7 Å². The van der Waals surface area contributed by atoms with Gasteiger partial charge in [-0.05, 0) is 67.9 Å². The van der Waals surface area contributed by atoms with Gasteiger partial charge in [0.25, 0.3) is 0 Å². The van der Waals surface area contributed by atoms with E-state index < -0.39 is 12.0 Å². The van der Waals surface area contributed by atoms with Gasteiger partial charge in [0.2, 0.25) is 0 Å². The van der Waals surface area contributed by atoms with Crippen LogP contribution in [0.5, 0.6) is 0 Å². The van der Waals surface area contributed by atoms with Gasteiger partial charge >= 0.3 is 12.0 Å². The Hall–Kier alpha value is -3.43. The number of esters is 1. The lowest BCUT2D eigenvalue weighted by atomic mass is 9.95. The Bertz CT molecular complexity index is 1130. The maximum atomic E-state index is 12.9. The lowest BCUT2D eigenvalue weighted by Gasteiger charge is -2.35. The molecule has 2 amide bonds. The van der Waals surface area contributed by atoms with Crippen LogP contribution in [0.4, 0.5) is 16.2 Å². The first-order valence-electron chi connectivity index (χ1n) is 10.9. The monoisotopic (exact) mass is 482 g/mol. The van der Waals surface area contributed by atoms with Crippen LogP contribution in [0.2, 0.25) is 0 Å². The summed E-state index contributed by atoms with van der Waals surface area (Å²) in [7, 11) is 3.34. The molecule has 1 aliphatic heterocycles. The number of hydrogen-bond donors (Lipinski definition) is 3. The molecule has 2 aromatic rings. The highest BCUT2D eigenvalue weighted by molar-refractivity contribution is 7.80. The van der Waals surface area contributed by atoms with Crippen LogP contribution in [0.15, 0.2) is 53.7 Å². The standard InChI is InChI=1S/C25H30N4O4S/c1-15-8-6-11-20(16(15)2)27-24(31)26-19-10-7-9-18(14-19)22-21(23(30)33-13-12-32-5)17(3)29(4)25(34)28-22/h6-11,14,22H,12-13H2,1-5H3,(H,28,34)(H2,26,27,31). The first kappa shape index (κ1) is 25.2. The van der Waals surface area contributed by atoms with Crippen LogP contribution in [-0.2, 0) is 14.3 Å². The third-order valence-electron chi connectivity index (χ3n) is 5.83. The van der Waals surface area contributed by atoms with E-state index in [1.165, 1.54) is 0 Å². The first-order chi connectivity index (χ1) is 16.2. The molecule has 2 aromatic carbocycles. The van der Waals surface area contributed by atoms with Crippen LogP contribution in [0.25, 0.3) is 0 Å². The second kappa shape index (κ2) is 11.1. The minimum Gasteiger partial charge on any atom is -0.460 e. The minimum absolute atomic E-state index is 0.146. The topological polar surface area (TPSA) is 91.9 Å². The smallest absolute Gasteiger partial charge is 0.338 e. The fourth-order valence-corrected chi connectivity index (χ4v) is 3.87. The number of ether oxygens (including phenoxy) is 2. The normalized spacial score (nSPS) is 15.6. The number of methoxy groups -OCH3 is 1. The lowest BCUT2D eigenvalue weighted by Crippen LogP contribution is -2.46. The van der Waals surface area contributed by atoms with E-state index in [4.69, 9.17) is 21.7 Å². The zero-order valence-electron chi connectivity index (χ0n) is 20.0. The molecule has 1 heterocycles. The van der Waals surface area contributed by atoms with Crippen LogP contribution in [0.3, 0.4) is 0 Å². The molecule has 1 aliphatic rings. The molecule has 180 valence electrons. The van der Waals surface area contributed by atoms with Crippen LogP contribution < -0.4 is 16.0 Å². The van der Waals surface area contributed by atoms with Gasteiger partial charge in [0.15, 0.2) is 5.11 Å². The molecular formula is C25H30N4O4S. The number of carbonyl (C=O) groups excluding carboxylic acids is 2. The summed E-state index contributed by atoms with van der Waals surface area (Å²) in [6, 6.07) is 12.1. The van der Waals surface area contributed by atoms with Gasteiger partial charge in [0, 0.05) is 31.2 Å². The SMILES string of the molecule is COCCOC(=O)C1=C(C)N(C)C(=S)NC1c1cccc(NC(=O)Nc2cccc(C)c2C)c1. The summed E-state index contributed by atoms with van der Waals surface area (Å²) in [5, 5.41) is 9.44. The van der Waals surface area contributed by atoms with Crippen molar-refractivity contribution in [1.29, 1.82) is 0 Å². The van der Waals surface area contributed by atoms with Crippen LogP contribution in [0, 0.1) is 13.8 Å². The van der Waals surface area contributed by atoms with Crippen LogP contribution in [0.1, 0.15) is 29.7 Å². The van der Waals surface area contributed by atoms with E-state index in [1.807, 2.05) is 57.2 Å². The number of aryl methyl sites for hydroxylation is 1. The van der Waals surface area contributed by atoms with Crippen molar-refractivity contribution in [3.05, 3.63) is 70.4 Å². The molecule has 0 spiro atoms. The fraction of sp³-hybridized carbons (Fsp3) is 0.320. The summed E-state index contributed by atoms with van der Waals surface area (Å²) in [5.41, 5.74) is 5.33. The zero-order chi connectivity index (χ0) is 24.8. The summed E-state index contributed by atoms with van der Waals surface area (Å²) in [6.07, 6.45) is 0. The molecule has 1 unspecified atom stereocenters. The van der Waals surface area contributed by atoms with E-state index in [1.54, 1.807) is 25.1 Å². The summed E-state index contributed by atoms with van der Waals surface area (Å²) in [4.78, 5) is 27.3. The zero-order valence-corrected chi connectivity index (χ0v) is 20.8. The number of amides is 2. The number of nitrogens with one attached hydrogen (secondary N) is 3. The number of urea groups is 1. The molecule has 0 saturated heterocycles. The highest BCUT2D eigenvalue weighted by Gasteiger charge is 2.33. The maximum absolute atomic E-state index is 12.9. The molecular weight excluding hydrogens is 452 g/mol. The van der Waals surface area contributed by atoms with Crippen molar-refractivity contribution in [2.75, 3.05) is 38.0 Å². The summed E-state index contributed by atoms with van der Waals surface area (Å²) in [5.74, 6) is -0.451. The number of anilines is 2. The Morgan fingerprint density at radius 2 is 1.82 bits per heavy atom. The van der Waals surface area contributed by atoms with Gasteiger partial charge in [0.1, 0.15) is 6.61 Å². The molecule has 3 N–H and O–H groups in total. The van der Waals surface area contributed by atoms with Crippen molar-refractivity contribution in [1.82, 2.24) is 10.2 Å². The first-order valence-corrected chi connectivity index (χ1v) is 11.3. The number of rotatable bonds is 7. The number of hydrogen-bond acceptors (Lipinski definition) is 5. The van der Waals surface area contributed by atoms with Gasteiger partial charge in [-0.1, -0.05) is 24.3 Å². The van der Waals surface area contributed by atoms with Gasteiger partial charge in [-0.15, -0.1) is 0 Å². The van der Waals surface area contributed by atoms with E-state index in [0.717, 1.165) is 22.4 Å². The predicted octanol–water partition coefficient (Wildman–Crippen LogP) is 4.27. The molecule has 8 nitrogen and oxygen atoms in total.